The Morgan fingerprint density at radius 2 is 1.69 bits per heavy atom. The van der Waals surface area contributed by atoms with Gasteiger partial charge in [-0.2, -0.15) is 0 Å². The quantitative estimate of drug-likeness (QED) is 0.759. The highest BCUT2D eigenvalue weighted by Gasteiger charge is 2.27. The van der Waals surface area contributed by atoms with Crippen LogP contribution in [0.3, 0.4) is 0 Å². The molecule has 1 fully saturated rings. The van der Waals surface area contributed by atoms with Gasteiger partial charge in [-0.15, -0.1) is 0 Å². The highest BCUT2D eigenvalue weighted by atomic mass is 79.9. The number of benzene rings is 2. The molecule has 3 rings (SSSR count). The number of amides is 1. The van der Waals surface area contributed by atoms with Crippen LogP contribution < -0.4 is 15.1 Å². The predicted octanol–water partition coefficient (Wildman–Crippen LogP) is 2.66. The van der Waals surface area contributed by atoms with Gasteiger partial charge in [-0.25, -0.2) is 0 Å². The number of quaternary nitrogens is 1. The van der Waals surface area contributed by atoms with Crippen molar-refractivity contribution < 1.29 is 9.69 Å². The lowest BCUT2D eigenvalue weighted by Gasteiger charge is -2.26. The average Bonchev–Trinajstić information content (AvgIpc) is 3.17. The zero-order valence-electron chi connectivity index (χ0n) is 15.5. The molecule has 0 bridgehead atoms. The van der Waals surface area contributed by atoms with Crippen molar-refractivity contribution in [3.05, 3.63) is 64.1 Å². The number of rotatable bonds is 6. The molecule has 4 nitrogen and oxygen atoms in total. The van der Waals surface area contributed by atoms with Crippen molar-refractivity contribution in [1.82, 2.24) is 5.32 Å². The first-order chi connectivity index (χ1) is 12.5. The van der Waals surface area contributed by atoms with Gasteiger partial charge in [-0.1, -0.05) is 28.1 Å². The van der Waals surface area contributed by atoms with E-state index in [1.165, 1.54) is 37.2 Å². The molecule has 26 heavy (non-hydrogen) atoms. The van der Waals surface area contributed by atoms with E-state index in [0.29, 0.717) is 18.2 Å². The van der Waals surface area contributed by atoms with Crippen molar-refractivity contribution >= 4 is 27.5 Å². The van der Waals surface area contributed by atoms with E-state index in [9.17, 15) is 4.79 Å². The molecular formula is C21H27BrN3O+. The van der Waals surface area contributed by atoms with Gasteiger partial charge in [-0.05, 0) is 36.4 Å². The minimum absolute atomic E-state index is 0.00833. The van der Waals surface area contributed by atoms with Crippen LogP contribution in [0.5, 0.6) is 0 Å². The number of anilines is 1. The third-order valence-electron chi connectivity index (χ3n) is 5.12. The summed E-state index contributed by atoms with van der Waals surface area (Å²) in [6, 6.07) is 16.5. The van der Waals surface area contributed by atoms with Crippen LogP contribution >= 0.6 is 15.9 Å². The molecule has 1 atom stereocenters. The fourth-order valence-corrected chi connectivity index (χ4v) is 3.84. The summed E-state index contributed by atoms with van der Waals surface area (Å²) in [7, 11) is 4.10. The van der Waals surface area contributed by atoms with E-state index in [1.54, 1.807) is 4.90 Å². The monoisotopic (exact) mass is 416 g/mol. The molecule has 1 aliphatic rings. The van der Waals surface area contributed by atoms with E-state index in [4.69, 9.17) is 0 Å². The first-order valence-electron chi connectivity index (χ1n) is 9.20. The van der Waals surface area contributed by atoms with Crippen LogP contribution in [0.2, 0.25) is 0 Å². The van der Waals surface area contributed by atoms with Crippen LogP contribution in [0.4, 0.5) is 5.69 Å². The second-order valence-corrected chi connectivity index (χ2v) is 8.04. The summed E-state index contributed by atoms with van der Waals surface area (Å²) in [6.45, 7) is 3.01. The SMILES string of the molecule is CN(C)c1ccc([C@H](CNC(=O)c2ccc(Br)cc2)[NH+]2CCCC2)cc1. The first kappa shape index (κ1) is 18.9. The van der Waals surface area contributed by atoms with Gasteiger partial charge in [0.25, 0.3) is 5.91 Å². The molecule has 0 unspecified atom stereocenters. The lowest BCUT2D eigenvalue weighted by molar-refractivity contribution is -0.918. The molecule has 2 N–H and O–H groups in total. The molecular weight excluding hydrogens is 390 g/mol. The van der Waals surface area contributed by atoms with E-state index in [2.05, 4.69) is 64.5 Å². The molecule has 5 heteroatoms. The molecule has 1 saturated heterocycles. The maximum atomic E-state index is 12.5. The van der Waals surface area contributed by atoms with Crippen molar-refractivity contribution in [3.63, 3.8) is 0 Å². The van der Waals surface area contributed by atoms with Crippen LogP contribution in [-0.4, -0.2) is 39.6 Å². The van der Waals surface area contributed by atoms with Crippen LogP contribution in [-0.2, 0) is 0 Å². The Labute approximate surface area is 164 Å². The number of hydrogen-bond acceptors (Lipinski definition) is 2. The van der Waals surface area contributed by atoms with Crippen molar-refractivity contribution in [3.8, 4) is 0 Å². The molecule has 0 spiro atoms. The summed E-state index contributed by atoms with van der Waals surface area (Å²) in [4.78, 5) is 16.2. The van der Waals surface area contributed by atoms with Crippen molar-refractivity contribution in [2.45, 2.75) is 18.9 Å². The Balaban J connectivity index is 1.72. The molecule has 1 aliphatic heterocycles. The maximum Gasteiger partial charge on any atom is 0.251 e. The van der Waals surface area contributed by atoms with Gasteiger partial charge in [-0.3, -0.25) is 4.79 Å². The molecule has 0 radical (unpaired) electrons. The first-order valence-corrected chi connectivity index (χ1v) is 9.99. The highest BCUT2D eigenvalue weighted by molar-refractivity contribution is 9.10. The number of carbonyl (C=O) groups excluding carboxylic acids is 1. The number of hydrogen-bond donors (Lipinski definition) is 2. The minimum atomic E-state index is -0.00833. The predicted molar refractivity (Wildman–Crippen MR) is 110 cm³/mol. The highest BCUT2D eigenvalue weighted by Crippen LogP contribution is 2.17. The summed E-state index contributed by atoms with van der Waals surface area (Å²) in [5.41, 5.74) is 3.19. The van der Waals surface area contributed by atoms with Crippen LogP contribution in [0, 0.1) is 0 Å². The maximum absolute atomic E-state index is 12.5. The standard InChI is InChI=1S/C21H26BrN3O/c1-24(2)19-11-7-16(8-12-19)20(25-13-3-4-14-25)15-23-21(26)17-5-9-18(22)10-6-17/h5-12,20H,3-4,13-15H2,1-2H3,(H,23,26)/p+1/t20-/m0/s1. The van der Waals surface area contributed by atoms with Gasteiger partial charge in [0, 0.05) is 48.2 Å². The molecule has 0 aromatic heterocycles. The second kappa shape index (κ2) is 8.69. The summed E-state index contributed by atoms with van der Waals surface area (Å²) in [5, 5.41) is 3.15. The van der Waals surface area contributed by atoms with E-state index in [0.717, 1.165) is 4.47 Å². The fraction of sp³-hybridized carbons (Fsp3) is 0.381. The largest absolute Gasteiger partial charge is 0.378 e. The Morgan fingerprint density at radius 3 is 2.27 bits per heavy atom. The Hall–Kier alpha value is -1.85. The van der Waals surface area contributed by atoms with Gasteiger partial charge < -0.3 is 15.1 Å². The topological polar surface area (TPSA) is 36.8 Å². The molecule has 0 aliphatic carbocycles. The lowest BCUT2D eigenvalue weighted by Crippen LogP contribution is -3.11. The summed E-state index contributed by atoms with van der Waals surface area (Å²) in [6.07, 6.45) is 2.53. The van der Waals surface area contributed by atoms with E-state index in [1.807, 2.05) is 24.3 Å². The van der Waals surface area contributed by atoms with Crippen molar-refractivity contribution in [1.29, 1.82) is 0 Å². The number of halogens is 1. The van der Waals surface area contributed by atoms with Gasteiger partial charge >= 0.3 is 0 Å². The molecule has 2 aromatic carbocycles. The number of likely N-dealkylation sites (tertiary alicyclic amines) is 1. The molecule has 1 heterocycles. The van der Waals surface area contributed by atoms with E-state index in [-0.39, 0.29) is 5.91 Å². The van der Waals surface area contributed by atoms with Gasteiger partial charge in [0.1, 0.15) is 6.04 Å². The second-order valence-electron chi connectivity index (χ2n) is 7.12. The van der Waals surface area contributed by atoms with Crippen LogP contribution in [0.15, 0.2) is 53.0 Å². The smallest absolute Gasteiger partial charge is 0.251 e. The van der Waals surface area contributed by atoms with Crippen molar-refractivity contribution in [2.75, 3.05) is 38.6 Å². The normalized spacial score (nSPS) is 15.7. The molecule has 1 amide bonds. The molecule has 2 aromatic rings. The van der Waals surface area contributed by atoms with Gasteiger partial charge in [0.15, 0.2) is 0 Å². The van der Waals surface area contributed by atoms with Gasteiger partial charge in [0.2, 0.25) is 0 Å². The third-order valence-corrected chi connectivity index (χ3v) is 5.65. The zero-order valence-corrected chi connectivity index (χ0v) is 17.1. The third kappa shape index (κ3) is 4.65. The summed E-state index contributed by atoms with van der Waals surface area (Å²) < 4.78 is 0.981. The van der Waals surface area contributed by atoms with Crippen LogP contribution in [0.1, 0.15) is 34.8 Å². The molecule has 0 saturated carbocycles. The Kier molecular flexibility index (Phi) is 6.33. The average molecular weight is 417 g/mol. The number of nitrogens with zero attached hydrogens (tertiary/aromatic N) is 1. The van der Waals surface area contributed by atoms with Crippen molar-refractivity contribution in [2.24, 2.45) is 0 Å². The number of nitrogens with one attached hydrogen (secondary N) is 2. The molecule has 138 valence electrons. The Morgan fingerprint density at radius 1 is 1.08 bits per heavy atom. The Bertz CT molecular complexity index is 722. The van der Waals surface area contributed by atoms with E-state index >= 15 is 0 Å². The fourth-order valence-electron chi connectivity index (χ4n) is 3.58. The zero-order chi connectivity index (χ0) is 18.5. The van der Waals surface area contributed by atoms with E-state index < -0.39 is 0 Å². The van der Waals surface area contributed by atoms with Crippen LogP contribution in [0.25, 0.3) is 0 Å². The summed E-state index contributed by atoms with van der Waals surface area (Å²) >= 11 is 3.41. The summed E-state index contributed by atoms with van der Waals surface area (Å²) in [5.74, 6) is -0.00833. The van der Waals surface area contributed by atoms with Gasteiger partial charge in [0.05, 0.1) is 19.6 Å². The lowest BCUT2D eigenvalue weighted by atomic mass is 10.0. The number of carbonyl (C=O) groups is 1. The minimum Gasteiger partial charge on any atom is -0.378 e.